The van der Waals surface area contributed by atoms with Gasteiger partial charge in [0.05, 0.1) is 33.6 Å². The first-order valence-corrected chi connectivity index (χ1v) is 12.4. The lowest BCUT2D eigenvalue weighted by molar-refractivity contribution is 0.628. The molecule has 0 bridgehead atoms. The molecule has 0 spiro atoms. The number of rotatable bonds is 5. The molecule has 0 unspecified atom stereocenters. The molecule has 4 aromatic rings. The highest BCUT2D eigenvalue weighted by Crippen LogP contribution is 2.34. The van der Waals surface area contributed by atoms with E-state index in [2.05, 4.69) is 44.7 Å². The van der Waals surface area contributed by atoms with Crippen molar-refractivity contribution in [3.63, 3.8) is 0 Å². The summed E-state index contributed by atoms with van der Waals surface area (Å²) in [5.74, 6) is -0.508. The molecule has 0 fully saturated rings. The fourth-order valence-corrected chi connectivity index (χ4v) is 4.02. The Hall–Kier alpha value is -3.20. The average molecular weight is 465 g/mol. The van der Waals surface area contributed by atoms with Crippen LogP contribution in [-0.2, 0) is 6.54 Å². The quantitative estimate of drug-likeness (QED) is 0.416. The summed E-state index contributed by atoms with van der Waals surface area (Å²) in [6.45, 7) is 6.28. The number of nitrogens with zero attached hydrogens (tertiary/aromatic N) is 5. The van der Waals surface area contributed by atoms with Crippen LogP contribution in [0.5, 0.6) is 0 Å². The van der Waals surface area contributed by atoms with Crippen LogP contribution < -0.4 is 10.9 Å². The first-order valence-electron chi connectivity index (χ1n) is 9.76. The summed E-state index contributed by atoms with van der Waals surface area (Å²) in [5, 5.41) is 12.8. The molecule has 3 aromatic heterocycles. The van der Waals surface area contributed by atoms with E-state index in [0.29, 0.717) is 45.1 Å². The van der Waals surface area contributed by atoms with Crippen LogP contribution in [0.3, 0.4) is 0 Å². The molecule has 0 atom stereocenters. The molecular formula is C23H19ClFN6P. The summed E-state index contributed by atoms with van der Waals surface area (Å²) >= 11 is 6.56. The van der Waals surface area contributed by atoms with Crippen molar-refractivity contribution >= 4 is 41.8 Å². The van der Waals surface area contributed by atoms with Gasteiger partial charge in [0.15, 0.2) is 5.82 Å². The Kier molecular flexibility index (Phi) is 6.27. The monoisotopic (exact) mass is 464 g/mol. The van der Waals surface area contributed by atoms with Gasteiger partial charge in [-0.3, -0.25) is 0 Å². The lowest BCUT2D eigenvalue weighted by Gasteiger charge is -2.14. The van der Waals surface area contributed by atoms with E-state index in [1.807, 2.05) is 12.1 Å². The maximum atomic E-state index is 14.9. The number of aryl methyl sites for hydroxylation is 1. The third-order valence-corrected chi connectivity index (χ3v) is 6.35. The number of fused-ring (bicyclic) bond motifs is 1. The van der Waals surface area contributed by atoms with Crippen molar-refractivity contribution in [2.45, 2.75) is 13.5 Å². The molecule has 0 aliphatic carbocycles. The average Bonchev–Trinajstić information content (AvgIpc) is 2.79. The molecule has 3 heterocycles. The first-order chi connectivity index (χ1) is 15.4. The predicted octanol–water partition coefficient (Wildman–Crippen LogP) is 5.04. The Morgan fingerprint density at radius 3 is 2.59 bits per heavy atom. The van der Waals surface area contributed by atoms with E-state index in [1.54, 1.807) is 31.5 Å². The summed E-state index contributed by atoms with van der Waals surface area (Å²) in [4.78, 5) is 17.7. The largest absolute Gasteiger partial charge is 0.378 e. The molecule has 4 rings (SSSR count). The summed E-state index contributed by atoms with van der Waals surface area (Å²) in [5.41, 5.74) is 4.80. The van der Waals surface area contributed by atoms with Gasteiger partial charge in [-0.15, -0.1) is 0 Å². The van der Waals surface area contributed by atoms with E-state index < -0.39 is 13.7 Å². The second-order valence-electron chi connectivity index (χ2n) is 7.40. The molecule has 6 nitrogen and oxygen atoms in total. The topological polar surface area (TPSA) is 87.4 Å². The van der Waals surface area contributed by atoms with Crippen molar-refractivity contribution in [3.8, 4) is 17.3 Å². The molecule has 0 saturated carbocycles. The highest BCUT2D eigenvalue weighted by molar-refractivity contribution is 7.63. The van der Waals surface area contributed by atoms with E-state index in [1.165, 1.54) is 6.07 Å². The van der Waals surface area contributed by atoms with Crippen LogP contribution >= 0.6 is 19.5 Å². The minimum atomic E-state index is -0.508. The van der Waals surface area contributed by atoms with Crippen LogP contribution in [0.15, 0.2) is 42.7 Å². The van der Waals surface area contributed by atoms with Gasteiger partial charge in [-0.05, 0) is 45.9 Å². The number of anilines is 1. The number of hydrogen-bond donors (Lipinski definition) is 1. The van der Waals surface area contributed by atoms with Crippen LogP contribution in [0.25, 0.3) is 22.3 Å². The summed E-state index contributed by atoms with van der Waals surface area (Å²) < 4.78 is 14.9. The maximum Gasteiger partial charge on any atom is 0.151 e. The van der Waals surface area contributed by atoms with E-state index in [-0.39, 0.29) is 5.69 Å². The first kappa shape index (κ1) is 22.0. The minimum Gasteiger partial charge on any atom is -0.378 e. The van der Waals surface area contributed by atoms with Crippen molar-refractivity contribution in [3.05, 3.63) is 70.4 Å². The Morgan fingerprint density at radius 2 is 1.91 bits per heavy atom. The second-order valence-corrected chi connectivity index (χ2v) is 9.97. The lowest BCUT2D eigenvalue weighted by Crippen LogP contribution is -2.10. The van der Waals surface area contributed by atoms with E-state index in [4.69, 9.17) is 16.9 Å². The van der Waals surface area contributed by atoms with E-state index in [0.717, 1.165) is 11.1 Å². The number of nitriles is 1. The highest BCUT2D eigenvalue weighted by atomic mass is 35.5. The van der Waals surface area contributed by atoms with Gasteiger partial charge < -0.3 is 5.32 Å². The van der Waals surface area contributed by atoms with Crippen LogP contribution in [0.4, 0.5) is 10.1 Å². The number of aromatic nitrogens is 4. The number of pyridine rings is 2. The molecule has 1 N–H and O–H groups in total. The third kappa shape index (κ3) is 4.38. The van der Waals surface area contributed by atoms with Crippen molar-refractivity contribution in [2.75, 3.05) is 18.6 Å². The number of halogens is 2. The molecule has 160 valence electrons. The molecule has 32 heavy (non-hydrogen) atoms. The third-order valence-electron chi connectivity index (χ3n) is 4.86. The maximum absolute atomic E-state index is 14.9. The van der Waals surface area contributed by atoms with Gasteiger partial charge in [0.1, 0.15) is 16.8 Å². The van der Waals surface area contributed by atoms with Crippen LogP contribution in [0.1, 0.15) is 16.8 Å². The molecule has 1 aromatic carbocycles. The van der Waals surface area contributed by atoms with Gasteiger partial charge in [0, 0.05) is 30.6 Å². The molecule has 0 radical (unpaired) electrons. The van der Waals surface area contributed by atoms with Gasteiger partial charge in [0.25, 0.3) is 0 Å². The van der Waals surface area contributed by atoms with Crippen LogP contribution in [0, 0.1) is 24.1 Å². The number of nitrogens with one attached hydrogen (secondary N) is 1. The normalized spacial score (nSPS) is 11.0. The molecular weight excluding hydrogens is 446 g/mol. The van der Waals surface area contributed by atoms with E-state index in [9.17, 15) is 4.39 Å². The van der Waals surface area contributed by atoms with E-state index >= 15 is 0 Å². The molecule has 0 aliphatic rings. The Bertz CT molecular complexity index is 1350. The van der Waals surface area contributed by atoms with Gasteiger partial charge in [-0.2, -0.15) is 5.26 Å². The number of benzene rings is 1. The molecule has 9 heteroatoms. The van der Waals surface area contributed by atoms with Crippen molar-refractivity contribution in [2.24, 2.45) is 0 Å². The summed E-state index contributed by atoms with van der Waals surface area (Å²) in [6.07, 6.45) is 3.18. The SMILES string of the molecule is Cc1nc2cc(F)c(-c3cnc(P(C)C)nc3)nc2c(NCc2cccc(C#N)c2)c1Cl. The van der Waals surface area contributed by atoms with Crippen molar-refractivity contribution in [1.29, 1.82) is 5.26 Å². The zero-order chi connectivity index (χ0) is 22.8. The standard InChI is InChI=1S/C23H19ClFN6P/c1-13-19(24)22(27-10-15-6-4-5-14(7-15)9-26)21-18(30-13)8-17(25)20(31-21)16-11-28-23(29-12-16)32(2)3/h4-8,11-12H,10H2,1-3H3,(H,27,30). The Balaban J connectivity index is 1.78. The van der Waals surface area contributed by atoms with Crippen molar-refractivity contribution < 1.29 is 4.39 Å². The summed E-state index contributed by atoms with van der Waals surface area (Å²) in [7, 11) is -0.451. The Labute approximate surface area is 191 Å². The fourth-order valence-electron chi connectivity index (χ4n) is 3.24. The van der Waals surface area contributed by atoms with Gasteiger partial charge in [-0.25, -0.2) is 24.3 Å². The molecule has 0 saturated heterocycles. The summed E-state index contributed by atoms with van der Waals surface area (Å²) in [6, 6.07) is 10.7. The predicted molar refractivity (Wildman–Crippen MR) is 127 cm³/mol. The highest BCUT2D eigenvalue weighted by Gasteiger charge is 2.18. The molecule has 0 amide bonds. The zero-order valence-electron chi connectivity index (χ0n) is 17.7. The van der Waals surface area contributed by atoms with Gasteiger partial charge in [0.2, 0.25) is 0 Å². The number of hydrogen-bond acceptors (Lipinski definition) is 6. The van der Waals surface area contributed by atoms with Gasteiger partial charge >= 0.3 is 0 Å². The van der Waals surface area contributed by atoms with Crippen molar-refractivity contribution in [1.82, 2.24) is 19.9 Å². The van der Waals surface area contributed by atoms with Crippen LogP contribution in [0.2, 0.25) is 5.02 Å². The van der Waals surface area contributed by atoms with Crippen LogP contribution in [-0.4, -0.2) is 33.3 Å². The molecule has 0 aliphatic heterocycles. The zero-order valence-corrected chi connectivity index (χ0v) is 19.3. The lowest BCUT2D eigenvalue weighted by atomic mass is 10.1. The second kappa shape index (κ2) is 9.12. The fraction of sp³-hybridized carbons (Fsp3) is 0.174. The Morgan fingerprint density at radius 1 is 1.16 bits per heavy atom. The van der Waals surface area contributed by atoms with Gasteiger partial charge in [-0.1, -0.05) is 23.7 Å². The smallest absolute Gasteiger partial charge is 0.151 e. The minimum absolute atomic E-state index is 0.136.